The van der Waals surface area contributed by atoms with Crippen LogP contribution in [0.4, 0.5) is 5.69 Å². The lowest BCUT2D eigenvalue weighted by Crippen LogP contribution is -2.29. The zero-order chi connectivity index (χ0) is 15.2. The van der Waals surface area contributed by atoms with Gasteiger partial charge in [0.2, 0.25) is 0 Å². The quantitative estimate of drug-likeness (QED) is 0.876. The molecule has 2 nitrogen and oxygen atoms in total. The molecule has 2 saturated carbocycles. The van der Waals surface area contributed by atoms with Gasteiger partial charge in [-0.2, -0.15) is 0 Å². The standard InChI is InChI=1S/C20H30N2/c1-20(9-10-20)19-12-17(11-15-3-2-4-18(15)19)22-13-14-5-7-16(21)8-6-14/h11-12,14,16,22H,2-10,13,21H2,1H3. The van der Waals surface area contributed by atoms with Crippen molar-refractivity contribution in [2.45, 2.75) is 76.2 Å². The minimum absolute atomic E-state index is 0.456. The zero-order valence-electron chi connectivity index (χ0n) is 14.0. The van der Waals surface area contributed by atoms with E-state index in [1.165, 1.54) is 63.5 Å². The number of anilines is 1. The fraction of sp³-hybridized carbons (Fsp3) is 0.700. The summed E-state index contributed by atoms with van der Waals surface area (Å²) in [6, 6.07) is 5.37. The van der Waals surface area contributed by atoms with Gasteiger partial charge in [-0.15, -0.1) is 0 Å². The van der Waals surface area contributed by atoms with Crippen LogP contribution in [-0.2, 0) is 18.3 Å². The number of aryl methyl sites for hydroxylation is 1. The van der Waals surface area contributed by atoms with Crippen LogP contribution in [0.15, 0.2) is 12.1 Å². The van der Waals surface area contributed by atoms with E-state index >= 15 is 0 Å². The first-order chi connectivity index (χ1) is 10.6. The number of nitrogens with two attached hydrogens (primary N) is 1. The summed E-state index contributed by atoms with van der Waals surface area (Å²) in [5, 5.41) is 3.76. The number of hydrogen-bond acceptors (Lipinski definition) is 2. The van der Waals surface area contributed by atoms with Crippen LogP contribution in [0, 0.1) is 5.92 Å². The zero-order valence-corrected chi connectivity index (χ0v) is 14.0. The molecule has 3 aliphatic carbocycles. The van der Waals surface area contributed by atoms with E-state index in [-0.39, 0.29) is 0 Å². The Balaban J connectivity index is 1.48. The van der Waals surface area contributed by atoms with Crippen LogP contribution in [0.3, 0.4) is 0 Å². The molecule has 0 atom stereocenters. The lowest BCUT2D eigenvalue weighted by molar-refractivity contribution is 0.339. The Kier molecular flexibility index (Phi) is 3.68. The molecule has 0 heterocycles. The third-order valence-electron chi connectivity index (χ3n) is 6.35. The molecule has 22 heavy (non-hydrogen) atoms. The van der Waals surface area contributed by atoms with Crippen molar-refractivity contribution in [3.8, 4) is 0 Å². The Morgan fingerprint density at radius 2 is 1.91 bits per heavy atom. The van der Waals surface area contributed by atoms with Crippen molar-refractivity contribution in [1.82, 2.24) is 0 Å². The molecule has 120 valence electrons. The lowest BCUT2D eigenvalue weighted by atomic mass is 9.86. The predicted molar refractivity (Wildman–Crippen MR) is 93.5 cm³/mol. The molecular formula is C20H30N2. The topological polar surface area (TPSA) is 38.0 Å². The maximum Gasteiger partial charge on any atom is 0.0346 e. The number of fused-ring (bicyclic) bond motifs is 1. The van der Waals surface area contributed by atoms with E-state index < -0.39 is 0 Å². The minimum Gasteiger partial charge on any atom is -0.385 e. The first-order valence-electron chi connectivity index (χ1n) is 9.30. The van der Waals surface area contributed by atoms with Gasteiger partial charge in [-0.3, -0.25) is 0 Å². The van der Waals surface area contributed by atoms with Crippen molar-refractivity contribution in [2.75, 3.05) is 11.9 Å². The second kappa shape index (κ2) is 5.56. The summed E-state index contributed by atoms with van der Waals surface area (Å²) in [5.41, 5.74) is 12.9. The highest BCUT2D eigenvalue weighted by molar-refractivity contribution is 5.57. The van der Waals surface area contributed by atoms with E-state index in [1.54, 1.807) is 16.7 Å². The second-order valence-electron chi connectivity index (χ2n) is 8.24. The van der Waals surface area contributed by atoms with Gasteiger partial charge in [-0.1, -0.05) is 6.92 Å². The lowest BCUT2D eigenvalue weighted by Gasteiger charge is -2.27. The van der Waals surface area contributed by atoms with Crippen molar-refractivity contribution in [1.29, 1.82) is 0 Å². The molecule has 0 aromatic heterocycles. The van der Waals surface area contributed by atoms with Gasteiger partial charge in [0.15, 0.2) is 0 Å². The van der Waals surface area contributed by atoms with Crippen molar-refractivity contribution in [2.24, 2.45) is 11.7 Å². The molecule has 4 rings (SSSR count). The highest BCUT2D eigenvalue weighted by Gasteiger charge is 2.41. The van der Waals surface area contributed by atoms with Crippen LogP contribution in [0.2, 0.25) is 0 Å². The van der Waals surface area contributed by atoms with Gasteiger partial charge < -0.3 is 11.1 Å². The summed E-state index contributed by atoms with van der Waals surface area (Å²) < 4.78 is 0. The molecular weight excluding hydrogens is 268 g/mol. The van der Waals surface area contributed by atoms with E-state index in [9.17, 15) is 0 Å². The van der Waals surface area contributed by atoms with Crippen LogP contribution in [0.5, 0.6) is 0 Å². The largest absolute Gasteiger partial charge is 0.385 e. The van der Waals surface area contributed by atoms with Crippen molar-refractivity contribution in [3.05, 3.63) is 28.8 Å². The van der Waals surface area contributed by atoms with Gasteiger partial charge in [0.1, 0.15) is 0 Å². The number of nitrogens with one attached hydrogen (secondary N) is 1. The van der Waals surface area contributed by atoms with Gasteiger partial charge in [0, 0.05) is 18.3 Å². The maximum atomic E-state index is 6.02. The SMILES string of the molecule is CC1(c2cc(NCC3CCC(N)CC3)cc3c2CCC3)CC1. The molecule has 1 aromatic carbocycles. The van der Waals surface area contributed by atoms with Crippen LogP contribution in [0.1, 0.15) is 68.6 Å². The summed E-state index contributed by atoms with van der Waals surface area (Å²) in [5.74, 6) is 0.813. The molecule has 0 amide bonds. The maximum absolute atomic E-state index is 6.02. The second-order valence-corrected chi connectivity index (χ2v) is 8.24. The van der Waals surface area contributed by atoms with E-state index in [4.69, 9.17) is 5.73 Å². The number of hydrogen-bond donors (Lipinski definition) is 2. The first kappa shape index (κ1) is 14.6. The average molecular weight is 298 g/mol. The molecule has 2 heteroatoms. The van der Waals surface area contributed by atoms with Gasteiger partial charge >= 0.3 is 0 Å². The third-order valence-corrected chi connectivity index (χ3v) is 6.35. The number of rotatable bonds is 4. The Morgan fingerprint density at radius 1 is 1.14 bits per heavy atom. The molecule has 3 N–H and O–H groups in total. The van der Waals surface area contributed by atoms with Crippen LogP contribution in [0.25, 0.3) is 0 Å². The Morgan fingerprint density at radius 3 is 2.64 bits per heavy atom. The molecule has 2 fully saturated rings. The van der Waals surface area contributed by atoms with Gasteiger partial charge in [0.25, 0.3) is 0 Å². The number of benzene rings is 1. The molecule has 0 saturated heterocycles. The summed E-state index contributed by atoms with van der Waals surface area (Å²) >= 11 is 0. The summed E-state index contributed by atoms with van der Waals surface area (Å²) in [7, 11) is 0. The predicted octanol–water partition coefficient (Wildman–Crippen LogP) is 4.16. The minimum atomic E-state index is 0.456. The van der Waals surface area contributed by atoms with E-state index in [0.29, 0.717) is 11.5 Å². The summed E-state index contributed by atoms with van der Waals surface area (Å²) in [6.45, 7) is 3.58. The molecule has 0 spiro atoms. The fourth-order valence-electron chi connectivity index (χ4n) is 4.46. The molecule has 0 radical (unpaired) electrons. The van der Waals surface area contributed by atoms with Gasteiger partial charge in [-0.05, 0) is 97.9 Å². The molecule has 0 aliphatic heterocycles. The highest BCUT2D eigenvalue weighted by Crippen LogP contribution is 2.51. The van der Waals surface area contributed by atoms with Crippen LogP contribution >= 0.6 is 0 Å². The van der Waals surface area contributed by atoms with Crippen molar-refractivity contribution < 1.29 is 0 Å². The Labute approximate surface area is 134 Å². The van der Waals surface area contributed by atoms with Crippen LogP contribution < -0.4 is 11.1 Å². The molecule has 3 aliphatic rings. The summed E-state index contributed by atoms with van der Waals surface area (Å²) in [6.07, 6.45) is 11.7. The van der Waals surface area contributed by atoms with Gasteiger partial charge in [-0.25, -0.2) is 0 Å². The smallest absolute Gasteiger partial charge is 0.0346 e. The van der Waals surface area contributed by atoms with E-state index in [1.807, 2.05) is 0 Å². The fourth-order valence-corrected chi connectivity index (χ4v) is 4.46. The third kappa shape index (κ3) is 2.78. The monoisotopic (exact) mass is 298 g/mol. The Bertz CT molecular complexity index is 551. The molecule has 0 bridgehead atoms. The Hall–Kier alpha value is -1.02. The summed E-state index contributed by atoms with van der Waals surface area (Å²) in [4.78, 5) is 0. The van der Waals surface area contributed by atoms with Gasteiger partial charge in [0.05, 0.1) is 0 Å². The first-order valence-corrected chi connectivity index (χ1v) is 9.30. The van der Waals surface area contributed by atoms with E-state index in [2.05, 4.69) is 24.4 Å². The van der Waals surface area contributed by atoms with E-state index in [0.717, 1.165) is 12.5 Å². The molecule has 1 aromatic rings. The average Bonchev–Trinajstić information content (AvgIpc) is 3.10. The normalized spacial score (nSPS) is 29.2. The van der Waals surface area contributed by atoms with Crippen molar-refractivity contribution >= 4 is 5.69 Å². The highest BCUT2D eigenvalue weighted by atomic mass is 14.9. The van der Waals surface area contributed by atoms with Crippen molar-refractivity contribution in [3.63, 3.8) is 0 Å². The van der Waals surface area contributed by atoms with Crippen LogP contribution in [-0.4, -0.2) is 12.6 Å². The molecule has 0 unspecified atom stereocenters.